The van der Waals surface area contributed by atoms with E-state index in [-0.39, 0.29) is 5.91 Å². The lowest BCUT2D eigenvalue weighted by Gasteiger charge is -2.07. The smallest absolute Gasteiger partial charge is 0.230 e. The van der Waals surface area contributed by atoms with Crippen LogP contribution < -0.4 is 5.32 Å². The summed E-state index contributed by atoms with van der Waals surface area (Å²) in [5, 5.41) is 4.98. The van der Waals surface area contributed by atoms with E-state index in [1.165, 1.54) is 27.1 Å². The summed E-state index contributed by atoms with van der Waals surface area (Å²) in [5.41, 5.74) is 1.21. The minimum absolute atomic E-state index is 0.0395. The number of carbonyl (C=O) groups excluding carboxylic acids is 1. The van der Waals surface area contributed by atoms with Crippen LogP contribution in [0.25, 0.3) is 10.2 Å². The number of fused-ring (bicyclic) bond motifs is 1. The first kappa shape index (κ1) is 19.2. The van der Waals surface area contributed by atoms with Crippen LogP contribution >= 0.6 is 34.9 Å². The molecule has 26 heavy (non-hydrogen) atoms. The molecule has 0 saturated heterocycles. The molecule has 0 aliphatic heterocycles. The summed E-state index contributed by atoms with van der Waals surface area (Å²) < 4.78 is 0. The fraction of sp³-hybridized carbons (Fsp3) is 0.316. The molecule has 3 aromatic rings. The van der Waals surface area contributed by atoms with Crippen molar-refractivity contribution in [3.63, 3.8) is 0 Å². The van der Waals surface area contributed by atoms with Crippen molar-refractivity contribution in [1.29, 1.82) is 0 Å². The average Bonchev–Trinajstić information content (AvgIpc) is 2.91. The third kappa shape index (κ3) is 4.78. The molecule has 0 saturated carbocycles. The van der Waals surface area contributed by atoms with Crippen molar-refractivity contribution in [1.82, 2.24) is 15.3 Å². The maximum atomic E-state index is 12.2. The normalized spacial score (nSPS) is 11.0. The van der Waals surface area contributed by atoms with Gasteiger partial charge in [-0.1, -0.05) is 30.0 Å². The molecule has 1 amide bonds. The molecular formula is C19H21N3OS3. The summed E-state index contributed by atoms with van der Waals surface area (Å²) in [4.78, 5) is 24.7. The van der Waals surface area contributed by atoms with Gasteiger partial charge < -0.3 is 5.32 Å². The predicted octanol–water partition coefficient (Wildman–Crippen LogP) is 4.62. The molecule has 0 aliphatic carbocycles. The summed E-state index contributed by atoms with van der Waals surface area (Å²) in [6, 6.07) is 10.2. The van der Waals surface area contributed by atoms with Gasteiger partial charge in [-0.2, -0.15) is 0 Å². The van der Waals surface area contributed by atoms with Gasteiger partial charge in [0, 0.05) is 27.5 Å². The molecule has 136 valence electrons. The molecule has 2 aromatic heterocycles. The molecule has 1 N–H and O–H groups in total. The molecular weight excluding hydrogens is 382 g/mol. The van der Waals surface area contributed by atoms with Crippen molar-refractivity contribution in [2.45, 2.75) is 30.7 Å². The quantitative estimate of drug-likeness (QED) is 0.354. The standard InChI is InChI=1S/C19H21N3OS3/c1-12-13(2)26-19-17(12)18(21-14(3)22-19)25-11-16(23)20-9-10-24-15-7-5-4-6-8-15/h4-8H,9-11H2,1-3H3,(H,20,23). The van der Waals surface area contributed by atoms with Gasteiger partial charge in [-0.05, 0) is 38.5 Å². The Morgan fingerprint density at radius 2 is 1.88 bits per heavy atom. The van der Waals surface area contributed by atoms with Crippen molar-refractivity contribution in [2.24, 2.45) is 0 Å². The highest BCUT2D eigenvalue weighted by molar-refractivity contribution is 8.00. The maximum absolute atomic E-state index is 12.2. The molecule has 1 aromatic carbocycles. The molecule has 2 heterocycles. The summed E-state index contributed by atoms with van der Waals surface area (Å²) in [6.07, 6.45) is 0. The Hall–Kier alpha value is -1.57. The molecule has 0 atom stereocenters. The monoisotopic (exact) mass is 403 g/mol. The van der Waals surface area contributed by atoms with Gasteiger partial charge in [-0.15, -0.1) is 23.1 Å². The Morgan fingerprint density at radius 3 is 2.65 bits per heavy atom. The lowest BCUT2D eigenvalue weighted by Crippen LogP contribution is -2.27. The summed E-state index contributed by atoms with van der Waals surface area (Å²) in [5.74, 6) is 2.02. The fourth-order valence-corrected chi connectivity index (χ4v) is 5.37. The molecule has 0 aliphatic rings. The molecule has 0 fully saturated rings. The summed E-state index contributed by atoms with van der Waals surface area (Å²) in [6.45, 7) is 6.75. The lowest BCUT2D eigenvalue weighted by atomic mass is 10.2. The van der Waals surface area contributed by atoms with Crippen LogP contribution in [-0.2, 0) is 4.79 Å². The number of hydrogen-bond acceptors (Lipinski definition) is 6. The minimum Gasteiger partial charge on any atom is -0.355 e. The van der Waals surface area contributed by atoms with Gasteiger partial charge in [0.1, 0.15) is 15.7 Å². The van der Waals surface area contributed by atoms with E-state index in [1.54, 1.807) is 23.1 Å². The van der Waals surface area contributed by atoms with Crippen LogP contribution in [0.3, 0.4) is 0 Å². The SMILES string of the molecule is Cc1nc(SCC(=O)NCCSc2ccccc2)c2c(C)c(C)sc2n1. The second-order valence-electron chi connectivity index (χ2n) is 5.84. The Labute approximate surface area is 166 Å². The maximum Gasteiger partial charge on any atom is 0.230 e. The predicted molar refractivity (Wildman–Crippen MR) is 113 cm³/mol. The molecule has 3 rings (SSSR count). The van der Waals surface area contributed by atoms with Crippen molar-refractivity contribution in [2.75, 3.05) is 18.1 Å². The number of thiophene rings is 1. The number of nitrogens with one attached hydrogen (secondary N) is 1. The van der Waals surface area contributed by atoms with Crippen molar-refractivity contribution >= 4 is 51.0 Å². The number of hydrogen-bond donors (Lipinski definition) is 1. The highest BCUT2D eigenvalue weighted by Crippen LogP contribution is 2.34. The Kier molecular flexibility index (Phi) is 6.56. The van der Waals surface area contributed by atoms with Crippen LogP contribution in [-0.4, -0.2) is 33.9 Å². The Balaban J connectivity index is 1.52. The zero-order valence-electron chi connectivity index (χ0n) is 15.0. The number of carbonyl (C=O) groups is 1. The first-order chi connectivity index (χ1) is 12.5. The van der Waals surface area contributed by atoms with E-state index in [0.29, 0.717) is 12.3 Å². The highest BCUT2D eigenvalue weighted by atomic mass is 32.2. The van der Waals surface area contributed by atoms with Gasteiger partial charge in [0.05, 0.1) is 5.75 Å². The van der Waals surface area contributed by atoms with E-state index in [1.807, 2.05) is 25.1 Å². The van der Waals surface area contributed by atoms with Crippen molar-refractivity contribution < 1.29 is 4.79 Å². The largest absolute Gasteiger partial charge is 0.355 e. The number of benzene rings is 1. The van der Waals surface area contributed by atoms with E-state index in [0.717, 1.165) is 26.8 Å². The van der Waals surface area contributed by atoms with Crippen molar-refractivity contribution in [3.8, 4) is 0 Å². The number of aryl methyl sites for hydroxylation is 3. The second kappa shape index (κ2) is 8.88. The van der Waals surface area contributed by atoms with Gasteiger partial charge in [0.2, 0.25) is 5.91 Å². The third-order valence-electron chi connectivity index (χ3n) is 3.88. The number of rotatable bonds is 7. The van der Waals surface area contributed by atoms with Gasteiger partial charge in [0.15, 0.2) is 0 Å². The minimum atomic E-state index is 0.0395. The van der Waals surface area contributed by atoms with E-state index < -0.39 is 0 Å². The number of aromatic nitrogens is 2. The lowest BCUT2D eigenvalue weighted by molar-refractivity contribution is -0.118. The second-order valence-corrected chi connectivity index (χ2v) is 9.18. The van der Waals surface area contributed by atoms with E-state index in [4.69, 9.17) is 0 Å². The molecule has 4 nitrogen and oxygen atoms in total. The van der Waals surface area contributed by atoms with Crippen LogP contribution in [0.15, 0.2) is 40.3 Å². The average molecular weight is 404 g/mol. The highest BCUT2D eigenvalue weighted by Gasteiger charge is 2.15. The molecule has 0 radical (unpaired) electrons. The number of nitrogens with zero attached hydrogens (tertiary/aromatic N) is 2. The van der Waals surface area contributed by atoms with Crippen LogP contribution in [0.5, 0.6) is 0 Å². The zero-order chi connectivity index (χ0) is 18.5. The number of amides is 1. The van der Waals surface area contributed by atoms with E-state index >= 15 is 0 Å². The van der Waals surface area contributed by atoms with Crippen LogP contribution in [0, 0.1) is 20.8 Å². The molecule has 7 heteroatoms. The summed E-state index contributed by atoms with van der Waals surface area (Å²) >= 11 is 4.92. The van der Waals surface area contributed by atoms with Gasteiger partial charge in [0.25, 0.3) is 0 Å². The fourth-order valence-electron chi connectivity index (χ4n) is 2.48. The van der Waals surface area contributed by atoms with Crippen LogP contribution in [0.2, 0.25) is 0 Å². The van der Waals surface area contributed by atoms with Crippen LogP contribution in [0.1, 0.15) is 16.3 Å². The first-order valence-corrected chi connectivity index (χ1v) is 11.1. The molecule has 0 bridgehead atoms. The van der Waals surface area contributed by atoms with E-state index in [2.05, 4.69) is 41.3 Å². The molecule has 0 unspecified atom stereocenters. The Bertz CT molecular complexity index is 909. The zero-order valence-corrected chi connectivity index (χ0v) is 17.5. The Morgan fingerprint density at radius 1 is 1.12 bits per heavy atom. The van der Waals surface area contributed by atoms with Crippen LogP contribution in [0.4, 0.5) is 0 Å². The first-order valence-electron chi connectivity index (χ1n) is 8.36. The van der Waals surface area contributed by atoms with E-state index in [9.17, 15) is 4.79 Å². The van der Waals surface area contributed by atoms with Gasteiger partial charge in [-0.25, -0.2) is 9.97 Å². The number of thioether (sulfide) groups is 2. The molecule has 0 spiro atoms. The van der Waals surface area contributed by atoms with Gasteiger partial charge >= 0.3 is 0 Å². The van der Waals surface area contributed by atoms with Gasteiger partial charge in [-0.3, -0.25) is 4.79 Å². The van der Waals surface area contributed by atoms with Crippen molar-refractivity contribution in [3.05, 3.63) is 46.6 Å². The third-order valence-corrected chi connectivity index (χ3v) is 6.97. The summed E-state index contributed by atoms with van der Waals surface area (Å²) in [7, 11) is 0. The topological polar surface area (TPSA) is 54.9 Å².